The number of rotatable bonds is 6. The van der Waals surface area contributed by atoms with E-state index in [0.29, 0.717) is 12.0 Å². The largest absolute Gasteiger partial charge is 0.469 e. The third-order valence-electron chi connectivity index (χ3n) is 7.27. The second-order valence-corrected chi connectivity index (χ2v) is 9.25. The third-order valence-corrected chi connectivity index (χ3v) is 7.27. The Morgan fingerprint density at radius 2 is 2.26 bits per heavy atom. The van der Waals surface area contributed by atoms with Crippen molar-refractivity contribution in [3.8, 4) is 0 Å². The smallest absolute Gasteiger partial charge is 0.310 e. The first-order valence-corrected chi connectivity index (χ1v) is 10.6. The molecule has 148 valence electrons. The van der Waals surface area contributed by atoms with Gasteiger partial charge in [0, 0.05) is 24.9 Å². The Morgan fingerprint density at radius 3 is 3.04 bits per heavy atom. The molecule has 4 nitrogen and oxygen atoms in total. The molecule has 5 unspecified atom stereocenters. The highest BCUT2D eigenvalue weighted by molar-refractivity contribution is 5.76. The number of furan rings is 1. The van der Waals surface area contributed by atoms with Gasteiger partial charge in [0.15, 0.2) is 0 Å². The number of carbonyl (C=O) groups is 1. The number of aryl methyl sites for hydroxylation is 1. The predicted octanol–water partition coefficient (Wildman–Crippen LogP) is 4.65. The van der Waals surface area contributed by atoms with Gasteiger partial charge in [-0.1, -0.05) is 18.1 Å². The number of nitrogens with one attached hydrogen (secondary N) is 1. The molecule has 1 aromatic rings. The molecule has 4 heteroatoms. The average molecular weight is 372 g/mol. The highest BCUT2D eigenvalue weighted by Crippen LogP contribution is 2.54. The van der Waals surface area contributed by atoms with Gasteiger partial charge in [0.05, 0.1) is 12.2 Å². The second kappa shape index (κ2) is 7.46. The molecule has 2 aliphatic carbocycles. The maximum absolute atomic E-state index is 12.6. The third kappa shape index (κ3) is 3.73. The summed E-state index contributed by atoms with van der Waals surface area (Å²) in [5.41, 5.74) is 3.45. The summed E-state index contributed by atoms with van der Waals surface area (Å²) in [6, 6.07) is 4.30. The summed E-state index contributed by atoms with van der Waals surface area (Å²) in [5.74, 6) is 1.37. The van der Waals surface area contributed by atoms with Crippen molar-refractivity contribution in [3.63, 3.8) is 0 Å². The van der Waals surface area contributed by atoms with Crippen LogP contribution in [0.15, 0.2) is 34.0 Å². The molecule has 5 atom stereocenters. The molecule has 0 bridgehead atoms. The van der Waals surface area contributed by atoms with Gasteiger partial charge in [0.1, 0.15) is 11.9 Å². The van der Waals surface area contributed by atoms with Gasteiger partial charge in [-0.15, -0.1) is 0 Å². The van der Waals surface area contributed by atoms with Gasteiger partial charge < -0.3 is 14.5 Å². The van der Waals surface area contributed by atoms with E-state index in [1.165, 1.54) is 19.3 Å². The van der Waals surface area contributed by atoms with Crippen LogP contribution in [0, 0.1) is 17.3 Å². The van der Waals surface area contributed by atoms with Crippen molar-refractivity contribution in [2.75, 3.05) is 6.54 Å². The zero-order valence-corrected chi connectivity index (χ0v) is 16.9. The van der Waals surface area contributed by atoms with Crippen LogP contribution in [0.3, 0.4) is 0 Å². The van der Waals surface area contributed by atoms with Gasteiger partial charge in [-0.3, -0.25) is 4.79 Å². The summed E-state index contributed by atoms with van der Waals surface area (Å²) >= 11 is 0. The van der Waals surface area contributed by atoms with Crippen molar-refractivity contribution >= 4 is 5.97 Å². The first-order chi connectivity index (χ1) is 13.0. The zero-order valence-electron chi connectivity index (χ0n) is 16.9. The van der Waals surface area contributed by atoms with E-state index < -0.39 is 0 Å². The number of hydrogen-bond donors (Lipinski definition) is 1. The molecule has 1 N–H and O–H groups in total. The molecule has 4 rings (SSSR count). The standard InChI is InChI=1S/C23H33NO3/c1-15-6-4-10-23(3)13-21-18(12-20(15)23)19(22(25)27-21)14-24-16(2)8-9-17-7-5-11-26-17/h5,7,11,16,18-19,21,24H,4,6,8-10,12-14H2,1-3H3. The lowest BCUT2D eigenvalue weighted by molar-refractivity contribution is -0.145. The number of esters is 1. The molecule has 1 saturated carbocycles. The van der Waals surface area contributed by atoms with E-state index in [1.807, 2.05) is 12.1 Å². The molecule has 0 spiro atoms. The molecule has 1 saturated heterocycles. The normalized spacial score (nSPS) is 34.2. The molecule has 2 fully saturated rings. The van der Waals surface area contributed by atoms with Crippen molar-refractivity contribution in [2.24, 2.45) is 17.3 Å². The number of hydrogen-bond acceptors (Lipinski definition) is 4. The lowest BCUT2D eigenvalue weighted by atomic mass is 9.59. The quantitative estimate of drug-likeness (QED) is 0.584. The minimum atomic E-state index is -0.00663. The molecule has 1 aromatic heterocycles. The maximum Gasteiger partial charge on any atom is 0.310 e. The van der Waals surface area contributed by atoms with Crippen LogP contribution in [-0.2, 0) is 16.0 Å². The van der Waals surface area contributed by atoms with E-state index in [-0.39, 0.29) is 23.4 Å². The summed E-state index contributed by atoms with van der Waals surface area (Å²) < 4.78 is 11.3. The van der Waals surface area contributed by atoms with Gasteiger partial charge in [-0.05, 0) is 69.9 Å². The minimum absolute atomic E-state index is 0.00663. The average Bonchev–Trinajstić information content (AvgIpc) is 3.23. The molecule has 0 aromatic carbocycles. The molecule has 2 heterocycles. The Balaban J connectivity index is 1.37. The topological polar surface area (TPSA) is 51.5 Å². The van der Waals surface area contributed by atoms with E-state index in [9.17, 15) is 4.79 Å². The Hall–Kier alpha value is -1.55. The van der Waals surface area contributed by atoms with E-state index in [0.717, 1.165) is 38.0 Å². The number of carbonyl (C=O) groups excluding carboxylic acids is 1. The highest BCUT2D eigenvalue weighted by Gasteiger charge is 2.52. The molecule has 27 heavy (non-hydrogen) atoms. The Morgan fingerprint density at radius 1 is 1.41 bits per heavy atom. The number of ether oxygens (including phenoxy) is 1. The highest BCUT2D eigenvalue weighted by atomic mass is 16.6. The first kappa shape index (κ1) is 18.8. The number of fused-ring (bicyclic) bond motifs is 2. The van der Waals surface area contributed by atoms with E-state index in [1.54, 1.807) is 17.4 Å². The van der Waals surface area contributed by atoms with Crippen LogP contribution in [-0.4, -0.2) is 24.7 Å². The summed E-state index contributed by atoms with van der Waals surface area (Å²) in [7, 11) is 0. The van der Waals surface area contributed by atoms with Crippen LogP contribution < -0.4 is 5.32 Å². The second-order valence-electron chi connectivity index (χ2n) is 9.25. The Bertz CT molecular complexity index is 707. The van der Waals surface area contributed by atoms with Crippen LogP contribution in [0.25, 0.3) is 0 Å². The van der Waals surface area contributed by atoms with Gasteiger partial charge >= 0.3 is 5.97 Å². The first-order valence-electron chi connectivity index (χ1n) is 10.6. The molecule has 0 radical (unpaired) electrons. The van der Waals surface area contributed by atoms with Crippen molar-refractivity contribution in [2.45, 2.75) is 77.9 Å². The van der Waals surface area contributed by atoms with Crippen LogP contribution in [0.1, 0.15) is 65.1 Å². The summed E-state index contributed by atoms with van der Waals surface area (Å²) in [5, 5.41) is 3.58. The van der Waals surface area contributed by atoms with Crippen molar-refractivity contribution in [1.82, 2.24) is 5.32 Å². The SMILES string of the molecule is CC1=C2CC3C(CC2(C)CCC1)OC(=O)C3CNC(C)CCc1ccco1. The minimum Gasteiger partial charge on any atom is -0.469 e. The summed E-state index contributed by atoms with van der Waals surface area (Å²) in [6.45, 7) is 7.60. The summed E-state index contributed by atoms with van der Waals surface area (Å²) in [6.07, 6.45) is 9.57. The molecular formula is C23H33NO3. The van der Waals surface area contributed by atoms with Crippen LogP contribution in [0.2, 0.25) is 0 Å². The van der Waals surface area contributed by atoms with Crippen molar-refractivity contribution in [3.05, 3.63) is 35.3 Å². The van der Waals surface area contributed by atoms with Gasteiger partial charge in [0.25, 0.3) is 0 Å². The van der Waals surface area contributed by atoms with Gasteiger partial charge in [0.2, 0.25) is 0 Å². The van der Waals surface area contributed by atoms with Crippen molar-refractivity contribution < 1.29 is 13.9 Å². The van der Waals surface area contributed by atoms with E-state index in [4.69, 9.17) is 9.15 Å². The molecule has 0 amide bonds. The maximum atomic E-state index is 12.6. The van der Waals surface area contributed by atoms with E-state index in [2.05, 4.69) is 26.1 Å². The number of allylic oxidation sites excluding steroid dienone is 2. The monoisotopic (exact) mass is 371 g/mol. The fourth-order valence-electron chi connectivity index (χ4n) is 5.59. The summed E-state index contributed by atoms with van der Waals surface area (Å²) in [4.78, 5) is 12.6. The molecular weight excluding hydrogens is 338 g/mol. The van der Waals surface area contributed by atoms with Crippen LogP contribution >= 0.6 is 0 Å². The molecule has 3 aliphatic rings. The van der Waals surface area contributed by atoms with Gasteiger partial charge in [-0.2, -0.15) is 0 Å². The fraction of sp³-hybridized carbons (Fsp3) is 0.696. The van der Waals surface area contributed by atoms with Crippen LogP contribution in [0.4, 0.5) is 0 Å². The Labute approximate surface area is 162 Å². The van der Waals surface area contributed by atoms with Crippen LogP contribution in [0.5, 0.6) is 0 Å². The van der Waals surface area contributed by atoms with E-state index >= 15 is 0 Å². The lowest BCUT2D eigenvalue weighted by Crippen LogP contribution is -2.41. The Kier molecular flexibility index (Phi) is 5.19. The predicted molar refractivity (Wildman–Crippen MR) is 105 cm³/mol. The lowest BCUT2D eigenvalue weighted by Gasteiger charge is -2.45. The zero-order chi connectivity index (χ0) is 19.0. The van der Waals surface area contributed by atoms with Gasteiger partial charge in [-0.25, -0.2) is 0 Å². The molecule has 1 aliphatic heterocycles. The van der Waals surface area contributed by atoms with Crippen molar-refractivity contribution in [1.29, 1.82) is 0 Å². The fourth-order valence-corrected chi connectivity index (χ4v) is 5.59.